The van der Waals surface area contributed by atoms with E-state index in [4.69, 9.17) is 19.2 Å². The van der Waals surface area contributed by atoms with E-state index in [9.17, 15) is 9.90 Å². The zero-order valence-corrected chi connectivity index (χ0v) is 27.1. The summed E-state index contributed by atoms with van der Waals surface area (Å²) >= 11 is 0. The van der Waals surface area contributed by atoms with Crippen molar-refractivity contribution >= 4 is 5.97 Å². The van der Waals surface area contributed by atoms with Gasteiger partial charge in [0.05, 0.1) is 19.0 Å². The topological polar surface area (TPSA) is 98.9 Å². The first kappa shape index (κ1) is 31.8. The molecule has 9 heteroatoms. The highest BCUT2D eigenvalue weighted by Crippen LogP contribution is 2.35. The number of hydrogen-bond acceptors (Lipinski definition) is 7. The number of aryl methyl sites for hydroxylation is 1. The lowest BCUT2D eigenvalue weighted by Gasteiger charge is -2.39. The molecule has 1 aliphatic carbocycles. The number of carbonyl (C=O) groups is 1. The molecule has 2 aliphatic rings. The molecule has 2 aromatic heterocycles. The summed E-state index contributed by atoms with van der Waals surface area (Å²) in [4.78, 5) is 19.1. The van der Waals surface area contributed by atoms with Gasteiger partial charge in [-0.2, -0.15) is 9.78 Å². The van der Waals surface area contributed by atoms with Crippen molar-refractivity contribution in [3.63, 3.8) is 0 Å². The number of aromatic nitrogens is 3. The first-order valence-corrected chi connectivity index (χ1v) is 16.3. The number of fused-ring (bicyclic) bond motifs is 1. The molecule has 3 heterocycles. The molecule has 0 amide bonds. The van der Waals surface area contributed by atoms with Gasteiger partial charge < -0.3 is 19.3 Å². The lowest BCUT2D eigenvalue weighted by molar-refractivity contribution is 0.0693. The van der Waals surface area contributed by atoms with E-state index in [1.807, 2.05) is 37.3 Å². The van der Waals surface area contributed by atoms with Gasteiger partial charge in [-0.3, -0.25) is 4.90 Å². The van der Waals surface area contributed by atoms with Crippen molar-refractivity contribution in [2.45, 2.75) is 71.1 Å². The van der Waals surface area contributed by atoms with Crippen molar-refractivity contribution in [2.75, 3.05) is 27.4 Å². The molecule has 4 aromatic rings. The Kier molecular flexibility index (Phi) is 10.00. The maximum atomic E-state index is 11.6. The Bertz CT molecular complexity index is 1660. The molecule has 46 heavy (non-hydrogen) atoms. The highest BCUT2D eigenvalue weighted by atomic mass is 16.5. The fourth-order valence-electron chi connectivity index (χ4n) is 7.08. The quantitative estimate of drug-likeness (QED) is 0.171. The Morgan fingerprint density at radius 2 is 1.85 bits per heavy atom. The fourth-order valence-corrected chi connectivity index (χ4v) is 7.08. The van der Waals surface area contributed by atoms with Crippen molar-refractivity contribution in [2.24, 2.45) is 5.92 Å². The highest BCUT2D eigenvalue weighted by Gasteiger charge is 2.28. The molecule has 6 rings (SSSR count). The summed E-state index contributed by atoms with van der Waals surface area (Å²) in [6.45, 7) is 5.53. The fraction of sp³-hybridized carbons (Fsp3) is 0.432. The van der Waals surface area contributed by atoms with Gasteiger partial charge in [-0.15, -0.1) is 0 Å². The normalized spacial score (nSPS) is 18.2. The number of carboxylic acids is 1. The predicted octanol–water partition coefficient (Wildman–Crippen LogP) is 6.87. The van der Waals surface area contributed by atoms with Gasteiger partial charge in [0.25, 0.3) is 0 Å². The lowest BCUT2D eigenvalue weighted by atomic mass is 9.82. The molecule has 0 unspecified atom stereocenters. The van der Waals surface area contributed by atoms with E-state index in [1.165, 1.54) is 67.6 Å². The zero-order chi connectivity index (χ0) is 32.0. The molecule has 1 aliphatic heterocycles. The van der Waals surface area contributed by atoms with Crippen LogP contribution in [0.3, 0.4) is 0 Å². The van der Waals surface area contributed by atoms with E-state index < -0.39 is 5.97 Å². The average Bonchev–Trinajstić information content (AvgIpc) is 3.53. The summed E-state index contributed by atoms with van der Waals surface area (Å²) in [7, 11) is 3.22. The van der Waals surface area contributed by atoms with E-state index >= 15 is 0 Å². The van der Waals surface area contributed by atoms with Crippen LogP contribution in [0.1, 0.15) is 71.1 Å². The summed E-state index contributed by atoms with van der Waals surface area (Å²) in [5.41, 5.74) is 6.56. The Labute approximate surface area is 271 Å². The van der Waals surface area contributed by atoms with Gasteiger partial charge >= 0.3 is 5.97 Å². The van der Waals surface area contributed by atoms with Gasteiger partial charge in [0, 0.05) is 38.4 Å². The minimum atomic E-state index is -1.11. The first-order chi connectivity index (χ1) is 22.4. The smallest absolute Gasteiger partial charge is 0.342 e. The molecular formula is C37H44N4O5. The van der Waals surface area contributed by atoms with Crippen LogP contribution in [-0.2, 0) is 24.3 Å². The molecule has 2 aromatic carbocycles. The second-order valence-corrected chi connectivity index (χ2v) is 12.5. The third kappa shape index (κ3) is 6.95. The number of pyridine rings is 1. The maximum Gasteiger partial charge on any atom is 0.342 e. The number of carboxylic acid groups (broad SMARTS) is 1. The SMILES string of the molecule is COCCCC1CCC(N2CCc3cc(COc4c(C)cccc4-c4cccc(-n5ncc(C(=O)O)c5OC)n4)ccc3C2)CC1. The number of methoxy groups -OCH3 is 2. The Hall–Kier alpha value is -4.21. The van der Waals surface area contributed by atoms with Crippen LogP contribution in [0.5, 0.6) is 11.6 Å². The Morgan fingerprint density at radius 3 is 2.63 bits per heavy atom. The summed E-state index contributed by atoms with van der Waals surface area (Å²) in [6, 6.07) is 19.1. The van der Waals surface area contributed by atoms with Crippen molar-refractivity contribution in [3.8, 4) is 28.7 Å². The molecular weight excluding hydrogens is 580 g/mol. The van der Waals surface area contributed by atoms with Crippen LogP contribution in [0, 0.1) is 12.8 Å². The van der Waals surface area contributed by atoms with Gasteiger partial charge in [-0.05, 0) is 98.2 Å². The summed E-state index contributed by atoms with van der Waals surface area (Å²) < 4.78 is 18.5. The first-order valence-electron chi connectivity index (χ1n) is 16.3. The molecule has 9 nitrogen and oxygen atoms in total. The second-order valence-electron chi connectivity index (χ2n) is 12.5. The van der Waals surface area contributed by atoms with Crippen molar-refractivity contribution in [3.05, 3.63) is 88.6 Å². The van der Waals surface area contributed by atoms with E-state index in [2.05, 4.69) is 28.2 Å². The number of benzene rings is 2. The number of rotatable bonds is 12. The zero-order valence-electron chi connectivity index (χ0n) is 27.1. The largest absolute Gasteiger partial charge is 0.488 e. The van der Waals surface area contributed by atoms with Gasteiger partial charge in [0.1, 0.15) is 17.9 Å². The number of nitrogens with zero attached hydrogens (tertiary/aromatic N) is 4. The third-order valence-electron chi connectivity index (χ3n) is 9.58. The molecule has 0 bridgehead atoms. The van der Waals surface area contributed by atoms with Gasteiger partial charge in [-0.1, -0.05) is 36.4 Å². The third-order valence-corrected chi connectivity index (χ3v) is 9.58. The summed E-state index contributed by atoms with van der Waals surface area (Å²) in [5, 5.41) is 13.7. The van der Waals surface area contributed by atoms with Gasteiger partial charge in [-0.25, -0.2) is 9.78 Å². The van der Waals surface area contributed by atoms with E-state index in [-0.39, 0.29) is 11.4 Å². The molecule has 242 valence electrons. The maximum absolute atomic E-state index is 11.6. The highest BCUT2D eigenvalue weighted by molar-refractivity contribution is 5.90. The number of ether oxygens (including phenoxy) is 3. The molecule has 1 saturated carbocycles. The minimum absolute atomic E-state index is 0.0245. The van der Waals surface area contributed by atoms with Crippen LogP contribution >= 0.6 is 0 Å². The summed E-state index contributed by atoms with van der Waals surface area (Å²) in [6.07, 6.45) is 10.1. The lowest BCUT2D eigenvalue weighted by Crippen LogP contribution is -2.41. The van der Waals surface area contributed by atoms with Crippen LogP contribution in [0.15, 0.2) is 60.8 Å². The Morgan fingerprint density at radius 1 is 1.02 bits per heavy atom. The van der Waals surface area contributed by atoms with E-state index in [1.54, 1.807) is 13.2 Å². The van der Waals surface area contributed by atoms with Crippen molar-refractivity contribution < 1.29 is 24.1 Å². The molecule has 0 atom stereocenters. The second kappa shape index (κ2) is 14.5. The molecule has 0 saturated heterocycles. The number of para-hydroxylation sites is 1. The Balaban J connectivity index is 1.12. The van der Waals surface area contributed by atoms with E-state index in [0.717, 1.165) is 54.5 Å². The average molecular weight is 625 g/mol. The van der Waals surface area contributed by atoms with Gasteiger partial charge in [0.2, 0.25) is 5.88 Å². The van der Waals surface area contributed by atoms with Crippen molar-refractivity contribution in [1.29, 1.82) is 0 Å². The van der Waals surface area contributed by atoms with Crippen molar-refractivity contribution in [1.82, 2.24) is 19.7 Å². The number of hydrogen-bond donors (Lipinski definition) is 1. The number of aromatic carboxylic acids is 1. The standard InChI is InChI=1S/C37H44N4O5/c1-25-7-4-9-31(33-10-5-11-34(39-33)41-36(45-3)32(22-38-41)37(42)43)35(25)46-24-27-12-15-29-23-40(19-18-28(29)21-27)30-16-13-26(14-17-30)8-6-20-44-2/h4-5,7,9-12,15,21-22,26,30H,6,8,13-14,16-20,23-24H2,1-3H3,(H,42,43). The van der Waals surface area contributed by atoms with E-state index in [0.29, 0.717) is 24.2 Å². The molecule has 0 spiro atoms. The molecule has 1 N–H and O–H groups in total. The predicted molar refractivity (Wildman–Crippen MR) is 177 cm³/mol. The van der Waals surface area contributed by atoms with Gasteiger partial charge in [0.15, 0.2) is 5.82 Å². The molecule has 0 radical (unpaired) electrons. The van der Waals surface area contributed by atoms with Crippen LogP contribution in [0.2, 0.25) is 0 Å². The van der Waals surface area contributed by atoms with Crippen LogP contribution < -0.4 is 9.47 Å². The summed E-state index contributed by atoms with van der Waals surface area (Å²) in [5.74, 6) is 1.10. The monoisotopic (exact) mass is 624 g/mol. The minimum Gasteiger partial charge on any atom is -0.488 e. The van der Waals surface area contributed by atoms with Crippen LogP contribution in [-0.4, -0.2) is 64.2 Å². The molecule has 1 fully saturated rings. The van der Waals surface area contributed by atoms with Crippen LogP contribution in [0.4, 0.5) is 0 Å². The van der Waals surface area contributed by atoms with Crippen LogP contribution in [0.25, 0.3) is 17.1 Å².